The first-order chi connectivity index (χ1) is 14.0. The van der Waals surface area contributed by atoms with Crippen molar-refractivity contribution in [3.8, 4) is 0 Å². The number of carbonyl (C=O) groups is 2. The molecule has 1 fully saturated rings. The summed E-state index contributed by atoms with van der Waals surface area (Å²) in [5, 5.41) is 11.2. The predicted octanol–water partition coefficient (Wildman–Crippen LogP) is 3.90. The molecule has 1 unspecified atom stereocenters. The smallest absolute Gasteiger partial charge is 0.302 e. The van der Waals surface area contributed by atoms with Crippen LogP contribution < -0.4 is 4.90 Å². The van der Waals surface area contributed by atoms with Gasteiger partial charge in [-0.2, -0.15) is 0 Å². The third kappa shape index (κ3) is 3.36. The summed E-state index contributed by atoms with van der Waals surface area (Å²) in [6, 6.07) is 12.1. The Morgan fingerprint density at radius 1 is 1.03 bits per heavy atom. The van der Waals surface area contributed by atoms with Gasteiger partial charge in [-0.1, -0.05) is 23.7 Å². The summed E-state index contributed by atoms with van der Waals surface area (Å²) in [7, 11) is 0. The molecule has 0 bridgehead atoms. The molecule has 1 atom stereocenters. The Bertz CT molecular complexity index is 1130. The lowest BCUT2D eigenvalue weighted by atomic mass is 9.95. The Kier molecular flexibility index (Phi) is 4.82. The highest BCUT2D eigenvalue weighted by Crippen LogP contribution is 2.41. The number of aliphatic hydroxyl groups is 1. The molecule has 144 valence electrons. The number of aliphatic hydroxyl groups excluding tert-OH is 1. The largest absolute Gasteiger partial charge is 0.507 e. The molecule has 6 nitrogen and oxygen atoms in total. The van der Waals surface area contributed by atoms with Gasteiger partial charge in [0.1, 0.15) is 11.6 Å². The molecule has 1 aromatic heterocycles. The van der Waals surface area contributed by atoms with E-state index in [1.807, 2.05) is 0 Å². The fourth-order valence-electron chi connectivity index (χ4n) is 3.21. The van der Waals surface area contributed by atoms with Crippen molar-refractivity contribution in [2.24, 2.45) is 0 Å². The lowest BCUT2D eigenvalue weighted by Gasteiger charge is -2.23. The second-order valence-corrected chi connectivity index (χ2v) is 6.72. The molecule has 0 saturated carbocycles. The van der Waals surface area contributed by atoms with Crippen LogP contribution in [0.1, 0.15) is 17.2 Å². The number of aromatic nitrogens is 2. The van der Waals surface area contributed by atoms with Crippen molar-refractivity contribution in [2.45, 2.75) is 6.04 Å². The van der Waals surface area contributed by atoms with Gasteiger partial charge in [0.25, 0.3) is 5.78 Å². The molecular formula is C21H13ClFN3O3. The summed E-state index contributed by atoms with van der Waals surface area (Å²) >= 11 is 6.11. The fourth-order valence-corrected chi connectivity index (χ4v) is 3.41. The molecule has 2 heterocycles. The first-order valence-electron chi connectivity index (χ1n) is 8.57. The van der Waals surface area contributed by atoms with E-state index in [9.17, 15) is 19.1 Å². The molecule has 1 amide bonds. The van der Waals surface area contributed by atoms with E-state index in [0.717, 1.165) is 17.0 Å². The standard InChI is InChI=1S/C21H13ClFN3O3/c22-14-4-1-3-13(11-14)17-16(18(27)12-5-7-15(23)8-6-12)19(28)20(29)26(17)21-24-9-2-10-25-21/h1-11,17,27H/b18-16+. The van der Waals surface area contributed by atoms with Crippen LogP contribution in [0.4, 0.5) is 10.3 Å². The van der Waals surface area contributed by atoms with Gasteiger partial charge in [-0.15, -0.1) is 0 Å². The molecule has 1 N–H and O–H groups in total. The molecule has 1 aliphatic rings. The van der Waals surface area contributed by atoms with Gasteiger partial charge in [-0.3, -0.25) is 14.5 Å². The molecule has 0 spiro atoms. The Balaban J connectivity index is 1.95. The van der Waals surface area contributed by atoms with Crippen molar-refractivity contribution < 1.29 is 19.1 Å². The third-order valence-electron chi connectivity index (χ3n) is 4.49. The second kappa shape index (κ2) is 7.44. The van der Waals surface area contributed by atoms with E-state index in [-0.39, 0.29) is 17.1 Å². The van der Waals surface area contributed by atoms with Gasteiger partial charge < -0.3 is 5.11 Å². The van der Waals surface area contributed by atoms with E-state index in [4.69, 9.17) is 11.6 Å². The molecule has 3 aromatic rings. The summed E-state index contributed by atoms with van der Waals surface area (Å²) in [4.78, 5) is 35.0. The number of ketones is 1. The minimum Gasteiger partial charge on any atom is -0.507 e. The average molecular weight is 410 g/mol. The van der Waals surface area contributed by atoms with E-state index >= 15 is 0 Å². The lowest BCUT2D eigenvalue weighted by molar-refractivity contribution is -0.132. The molecule has 2 aromatic carbocycles. The predicted molar refractivity (Wildman–Crippen MR) is 105 cm³/mol. The van der Waals surface area contributed by atoms with Gasteiger partial charge in [0, 0.05) is 23.0 Å². The van der Waals surface area contributed by atoms with Crippen molar-refractivity contribution in [3.63, 3.8) is 0 Å². The number of rotatable bonds is 3. The van der Waals surface area contributed by atoms with Crippen LogP contribution in [0, 0.1) is 5.82 Å². The Hall–Kier alpha value is -3.58. The van der Waals surface area contributed by atoms with Crippen molar-refractivity contribution >= 4 is 35.0 Å². The monoisotopic (exact) mass is 409 g/mol. The number of anilines is 1. The molecular weight excluding hydrogens is 397 g/mol. The lowest BCUT2D eigenvalue weighted by Crippen LogP contribution is -2.31. The number of carbonyl (C=O) groups excluding carboxylic acids is 2. The maximum absolute atomic E-state index is 13.3. The summed E-state index contributed by atoms with van der Waals surface area (Å²) in [5.41, 5.74) is 0.537. The second-order valence-electron chi connectivity index (χ2n) is 6.28. The maximum atomic E-state index is 13.3. The quantitative estimate of drug-likeness (QED) is 0.403. The molecule has 0 radical (unpaired) electrons. The average Bonchev–Trinajstić information content (AvgIpc) is 2.99. The molecule has 0 aliphatic carbocycles. The SMILES string of the molecule is O=C1C(=O)N(c2ncccn2)C(c2cccc(Cl)c2)/C1=C(\O)c1ccc(F)cc1. The molecule has 1 aliphatic heterocycles. The van der Waals surface area contributed by atoms with Gasteiger partial charge in [-0.05, 0) is 48.0 Å². The summed E-state index contributed by atoms with van der Waals surface area (Å²) in [5.74, 6) is -2.69. The van der Waals surface area contributed by atoms with Crippen molar-refractivity contribution in [2.75, 3.05) is 4.90 Å². The van der Waals surface area contributed by atoms with Crippen LogP contribution in [0.2, 0.25) is 5.02 Å². The maximum Gasteiger partial charge on any atom is 0.302 e. The number of halogens is 2. The van der Waals surface area contributed by atoms with Crippen molar-refractivity contribution in [1.82, 2.24) is 9.97 Å². The first kappa shape index (κ1) is 18.8. The van der Waals surface area contributed by atoms with Gasteiger partial charge >= 0.3 is 5.91 Å². The van der Waals surface area contributed by atoms with Crippen LogP contribution in [0.5, 0.6) is 0 Å². The highest BCUT2D eigenvalue weighted by atomic mass is 35.5. The molecule has 1 saturated heterocycles. The zero-order chi connectivity index (χ0) is 20.5. The van der Waals surface area contributed by atoms with E-state index in [1.54, 1.807) is 30.3 Å². The minimum atomic E-state index is -0.999. The van der Waals surface area contributed by atoms with Crippen LogP contribution in [-0.4, -0.2) is 26.8 Å². The Labute approximate surface area is 169 Å². The van der Waals surface area contributed by atoms with Gasteiger partial charge in [0.05, 0.1) is 11.6 Å². The summed E-state index contributed by atoms with van der Waals surface area (Å²) < 4.78 is 13.3. The number of Topliss-reactive ketones (excluding diaryl/α,β-unsaturated/α-hetero) is 1. The summed E-state index contributed by atoms with van der Waals surface area (Å²) in [6.45, 7) is 0. The molecule has 29 heavy (non-hydrogen) atoms. The zero-order valence-corrected chi connectivity index (χ0v) is 15.5. The molecule has 8 heteroatoms. The van der Waals surface area contributed by atoms with E-state index in [2.05, 4.69) is 9.97 Å². The fraction of sp³-hybridized carbons (Fsp3) is 0.0476. The van der Waals surface area contributed by atoms with Gasteiger partial charge in [-0.25, -0.2) is 14.4 Å². The third-order valence-corrected chi connectivity index (χ3v) is 4.73. The van der Waals surface area contributed by atoms with Crippen LogP contribution in [-0.2, 0) is 9.59 Å². The highest BCUT2D eigenvalue weighted by molar-refractivity contribution is 6.51. The number of nitrogens with zero attached hydrogens (tertiary/aromatic N) is 3. The zero-order valence-electron chi connectivity index (χ0n) is 14.8. The first-order valence-corrected chi connectivity index (χ1v) is 8.94. The summed E-state index contributed by atoms with van der Waals surface area (Å²) in [6.07, 6.45) is 2.88. The number of benzene rings is 2. The Morgan fingerprint density at radius 2 is 1.72 bits per heavy atom. The number of hydrogen-bond acceptors (Lipinski definition) is 5. The van der Waals surface area contributed by atoms with E-state index < -0.39 is 29.3 Å². The van der Waals surface area contributed by atoms with Gasteiger partial charge in [0.15, 0.2) is 0 Å². The van der Waals surface area contributed by atoms with Crippen LogP contribution in [0.25, 0.3) is 5.76 Å². The normalized spacial score (nSPS) is 18.3. The Morgan fingerprint density at radius 3 is 2.38 bits per heavy atom. The van der Waals surface area contributed by atoms with Crippen molar-refractivity contribution in [3.05, 3.63) is 94.5 Å². The van der Waals surface area contributed by atoms with E-state index in [0.29, 0.717) is 10.6 Å². The van der Waals surface area contributed by atoms with Crippen LogP contribution in [0.3, 0.4) is 0 Å². The minimum absolute atomic E-state index is 0.0118. The highest BCUT2D eigenvalue weighted by Gasteiger charge is 2.48. The number of amides is 1. The topological polar surface area (TPSA) is 83.4 Å². The van der Waals surface area contributed by atoms with Gasteiger partial charge in [0.2, 0.25) is 5.95 Å². The van der Waals surface area contributed by atoms with E-state index in [1.165, 1.54) is 24.5 Å². The van der Waals surface area contributed by atoms with Crippen LogP contribution >= 0.6 is 11.6 Å². The molecule has 4 rings (SSSR count). The van der Waals surface area contributed by atoms with Crippen LogP contribution in [0.15, 0.2) is 72.6 Å². The number of hydrogen-bond donors (Lipinski definition) is 1. The van der Waals surface area contributed by atoms with Crippen molar-refractivity contribution in [1.29, 1.82) is 0 Å².